The van der Waals surface area contributed by atoms with Crippen molar-refractivity contribution < 1.29 is 47.6 Å². The van der Waals surface area contributed by atoms with Crippen LogP contribution in [0.3, 0.4) is 0 Å². The molecule has 13 nitrogen and oxygen atoms in total. The molecule has 0 bridgehead atoms. The molecule has 1 aromatic heterocycles. The van der Waals surface area contributed by atoms with Gasteiger partial charge < -0.3 is 28.4 Å². The van der Waals surface area contributed by atoms with Crippen LogP contribution >= 0.6 is 11.6 Å². The molecule has 1 saturated heterocycles. The van der Waals surface area contributed by atoms with Crippen LogP contribution in [0.15, 0.2) is 6.20 Å². The van der Waals surface area contributed by atoms with E-state index in [9.17, 15) is 19.2 Å². The quantitative estimate of drug-likeness (QED) is 0.248. The Morgan fingerprint density at radius 3 is 2.15 bits per heavy atom. The van der Waals surface area contributed by atoms with Crippen LogP contribution in [0.2, 0.25) is 0 Å². The zero-order chi connectivity index (χ0) is 24.5. The van der Waals surface area contributed by atoms with Gasteiger partial charge in [-0.25, -0.2) is 0 Å². The van der Waals surface area contributed by atoms with Crippen LogP contribution in [-0.4, -0.2) is 82.1 Å². The Hall–Kier alpha value is -2.77. The number of carbonyl (C=O) groups excluding carboxylic acids is 4. The predicted molar refractivity (Wildman–Crippen MR) is 107 cm³/mol. The monoisotopic (exact) mass is 491 g/mol. The van der Waals surface area contributed by atoms with Crippen molar-refractivity contribution in [1.82, 2.24) is 15.0 Å². The van der Waals surface area contributed by atoms with E-state index in [-0.39, 0.29) is 13.2 Å². The van der Waals surface area contributed by atoms with Crippen LogP contribution in [0.4, 0.5) is 0 Å². The third-order valence-electron chi connectivity index (χ3n) is 4.24. The molecule has 14 heteroatoms. The van der Waals surface area contributed by atoms with Gasteiger partial charge in [-0.3, -0.25) is 23.9 Å². The van der Waals surface area contributed by atoms with Gasteiger partial charge in [0.25, 0.3) is 0 Å². The van der Waals surface area contributed by atoms with Crippen molar-refractivity contribution in [2.24, 2.45) is 0 Å². The fourth-order valence-electron chi connectivity index (χ4n) is 3.09. The first kappa shape index (κ1) is 26.5. The summed E-state index contributed by atoms with van der Waals surface area (Å²) in [4.78, 5) is 46.6. The van der Waals surface area contributed by atoms with Gasteiger partial charge in [0.05, 0.1) is 19.3 Å². The van der Waals surface area contributed by atoms with E-state index in [1.165, 1.54) is 11.6 Å². The van der Waals surface area contributed by atoms with Crippen molar-refractivity contribution in [3.63, 3.8) is 0 Å². The van der Waals surface area contributed by atoms with Crippen LogP contribution in [0.5, 0.6) is 0 Å². The van der Waals surface area contributed by atoms with Crippen LogP contribution in [0.25, 0.3) is 0 Å². The van der Waals surface area contributed by atoms with Crippen molar-refractivity contribution in [2.45, 2.75) is 71.6 Å². The van der Waals surface area contributed by atoms with Crippen molar-refractivity contribution in [3.05, 3.63) is 11.9 Å². The minimum atomic E-state index is -1.30. The van der Waals surface area contributed by atoms with E-state index >= 15 is 0 Å². The minimum absolute atomic E-state index is 0.115. The number of aryl methyl sites for hydroxylation is 1. The lowest BCUT2D eigenvalue weighted by molar-refractivity contribution is -0.310. The maximum atomic E-state index is 11.8. The van der Waals surface area contributed by atoms with Gasteiger partial charge >= 0.3 is 23.9 Å². The van der Waals surface area contributed by atoms with Crippen LogP contribution in [-0.2, 0) is 60.8 Å². The highest BCUT2D eigenvalue weighted by atomic mass is 35.5. The molecule has 0 N–H and O–H groups in total. The Labute approximate surface area is 194 Å². The van der Waals surface area contributed by atoms with Gasteiger partial charge in [-0.15, -0.1) is 16.7 Å². The van der Waals surface area contributed by atoms with Crippen molar-refractivity contribution in [3.8, 4) is 0 Å². The number of halogens is 1. The largest absolute Gasteiger partial charge is 0.463 e. The lowest BCUT2D eigenvalue weighted by Gasteiger charge is -2.43. The first-order chi connectivity index (χ1) is 15.6. The van der Waals surface area contributed by atoms with E-state index in [0.29, 0.717) is 18.1 Å². The molecule has 0 radical (unpaired) electrons. The molecule has 1 aliphatic heterocycles. The molecule has 1 fully saturated rings. The minimum Gasteiger partial charge on any atom is -0.463 e. The van der Waals surface area contributed by atoms with E-state index in [1.807, 2.05) is 0 Å². The second-order valence-electron chi connectivity index (χ2n) is 7.04. The van der Waals surface area contributed by atoms with Crippen LogP contribution in [0, 0.1) is 0 Å². The SMILES string of the molecule is CC(=O)OC[C@H]1O[C@H](OCc2cn(CCCl)nn2)[C@@H](OC(C)=O)[C@@H](OC(C)=O)[C@@H]1OC(C)=O. The van der Waals surface area contributed by atoms with Crippen molar-refractivity contribution >= 4 is 35.5 Å². The number of alkyl halides is 1. The number of rotatable bonds is 10. The highest BCUT2D eigenvalue weighted by Gasteiger charge is 2.52. The molecule has 2 heterocycles. The first-order valence-electron chi connectivity index (χ1n) is 9.97. The first-order valence-corrected chi connectivity index (χ1v) is 10.5. The predicted octanol–water partition coefficient (Wildman–Crippen LogP) is 0.117. The smallest absolute Gasteiger partial charge is 0.303 e. The van der Waals surface area contributed by atoms with E-state index < -0.39 is 54.6 Å². The summed E-state index contributed by atoms with van der Waals surface area (Å²) in [7, 11) is 0. The van der Waals surface area contributed by atoms with Gasteiger partial charge in [0.2, 0.25) is 0 Å². The van der Waals surface area contributed by atoms with Crippen molar-refractivity contribution in [1.29, 1.82) is 0 Å². The molecule has 0 aliphatic carbocycles. The number of esters is 4. The fraction of sp³-hybridized carbons (Fsp3) is 0.684. The van der Waals surface area contributed by atoms with E-state index in [0.717, 1.165) is 20.8 Å². The van der Waals surface area contributed by atoms with Gasteiger partial charge in [-0.1, -0.05) is 5.21 Å². The summed E-state index contributed by atoms with van der Waals surface area (Å²) in [5, 5.41) is 7.84. The maximum Gasteiger partial charge on any atom is 0.303 e. The summed E-state index contributed by atoms with van der Waals surface area (Å²) in [5.74, 6) is -2.44. The lowest BCUT2D eigenvalue weighted by atomic mass is 9.98. The number of ether oxygens (including phenoxy) is 6. The van der Waals surface area contributed by atoms with Gasteiger partial charge in [0.1, 0.15) is 18.4 Å². The van der Waals surface area contributed by atoms with E-state index in [2.05, 4.69) is 10.3 Å². The fourth-order valence-corrected chi connectivity index (χ4v) is 3.26. The molecule has 0 amide bonds. The second kappa shape index (κ2) is 12.5. The Bertz CT molecular complexity index is 848. The molecule has 0 unspecified atom stereocenters. The Morgan fingerprint density at radius 2 is 1.58 bits per heavy atom. The maximum absolute atomic E-state index is 11.8. The van der Waals surface area contributed by atoms with E-state index in [4.69, 9.17) is 40.0 Å². The second-order valence-corrected chi connectivity index (χ2v) is 7.42. The molecule has 1 aromatic rings. The highest BCUT2D eigenvalue weighted by Crippen LogP contribution is 2.30. The third-order valence-corrected chi connectivity index (χ3v) is 4.41. The van der Waals surface area contributed by atoms with Gasteiger partial charge in [0.15, 0.2) is 24.6 Å². The molecule has 33 heavy (non-hydrogen) atoms. The standard InChI is InChI=1S/C19H26ClN3O10/c1-10(24)28-9-15-16(30-11(2)25)17(31-12(3)26)18(32-13(4)27)19(33-15)29-8-14-7-23(6-5-20)22-21-14/h7,15-19H,5-6,8-9H2,1-4H3/t15-,16-,17+,18+,19+/m1/s1. The van der Waals surface area contributed by atoms with Crippen LogP contribution in [0.1, 0.15) is 33.4 Å². The molecular weight excluding hydrogens is 466 g/mol. The molecule has 0 aromatic carbocycles. The molecule has 1 aliphatic rings. The summed E-state index contributed by atoms with van der Waals surface area (Å²) in [6, 6.07) is 0. The zero-order valence-corrected chi connectivity index (χ0v) is 19.4. The molecule has 0 spiro atoms. The average Bonchev–Trinajstić information content (AvgIpc) is 3.15. The summed E-state index contributed by atoms with van der Waals surface area (Å²) in [5.41, 5.74) is 0.424. The summed E-state index contributed by atoms with van der Waals surface area (Å²) in [6.45, 7) is 4.59. The van der Waals surface area contributed by atoms with Crippen molar-refractivity contribution in [2.75, 3.05) is 12.5 Å². The molecule has 2 rings (SSSR count). The zero-order valence-electron chi connectivity index (χ0n) is 18.6. The Balaban J connectivity index is 2.32. The number of hydrogen-bond donors (Lipinski definition) is 0. The Morgan fingerprint density at radius 1 is 0.970 bits per heavy atom. The number of carbonyl (C=O) groups is 4. The lowest BCUT2D eigenvalue weighted by Crippen LogP contribution is -2.62. The summed E-state index contributed by atoms with van der Waals surface area (Å²) < 4.78 is 34.0. The number of hydrogen-bond acceptors (Lipinski definition) is 12. The summed E-state index contributed by atoms with van der Waals surface area (Å²) >= 11 is 5.69. The molecule has 0 saturated carbocycles. The normalized spacial score (nSPS) is 24.6. The third kappa shape index (κ3) is 8.26. The van der Waals surface area contributed by atoms with E-state index in [1.54, 1.807) is 6.20 Å². The highest BCUT2D eigenvalue weighted by molar-refractivity contribution is 6.17. The summed E-state index contributed by atoms with van der Waals surface area (Å²) in [6.07, 6.45) is -4.63. The number of nitrogens with zero attached hydrogens (tertiary/aromatic N) is 3. The molecular formula is C19H26ClN3O10. The van der Waals surface area contributed by atoms with Gasteiger partial charge in [0, 0.05) is 33.6 Å². The topological polar surface area (TPSA) is 154 Å². The Kier molecular flexibility index (Phi) is 10.0. The molecule has 184 valence electrons. The van der Waals surface area contributed by atoms with Gasteiger partial charge in [-0.05, 0) is 0 Å². The molecule has 5 atom stereocenters. The number of aromatic nitrogens is 3. The van der Waals surface area contributed by atoms with Crippen LogP contribution < -0.4 is 0 Å². The average molecular weight is 492 g/mol. The van der Waals surface area contributed by atoms with Gasteiger partial charge in [-0.2, -0.15) is 0 Å².